The second-order valence-electron chi connectivity index (χ2n) is 5.49. The summed E-state index contributed by atoms with van der Waals surface area (Å²) in [4.78, 5) is 0. The summed E-state index contributed by atoms with van der Waals surface area (Å²) in [6.07, 6.45) is 4.21. The topological polar surface area (TPSA) is 56.5 Å². The van der Waals surface area contributed by atoms with Gasteiger partial charge in [-0.1, -0.05) is 12.1 Å². The largest absolute Gasteiger partial charge is 0.376 e. The molecule has 2 aliphatic rings. The van der Waals surface area contributed by atoms with E-state index >= 15 is 0 Å². The number of hydrogen-bond donors (Lipinski definition) is 2. The molecule has 20 heavy (non-hydrogen) atoms. The number of hydrogen-bond acceptors (Lipinski definition) is 3. The molecule has 0 atom stereocenters. The van der Waals surface area contributed by atoms with Crippen LogP contribution in [-0.4, -0.2) is 24.1 Å². The van der Waals surface area contributed by atoms with E-state index in [0.717, 1.165) is 44.6 Å². The summed E-state index contributed by atoms with van der Waals surface area (Å²) in [5, 5.41) is 3.24. The summed E-state index contributed by atoms with van der Waals surface area (Å²) in [5.41, 5.74) is 7.77. The first-order chi connectivity index (χ1) is 9.67. The summed E-state index contributed by atoms with van der Waals surface area (Å²) in [6, 6.07) is 8.36. The molecule has 1 saturated heterocycles. The molecule has 2 fully saturated rings. The van der Waals surface area contributed by atoms with E-state index in [-0.39, 0.29) is 5.79 Å². The molecule has 4 nitrogen and oxygen atoms in total. The fourth-order valence-corrected chi connectivity index (χ4v) is 3.28. The van der Waals surface area contributed by atoms with Crippen LogP contribution in [0.4, 0.5) is 5.69 Å². The molecule has 0 amide bonds. The number of ether oxygens (including phenoxy) is 2. The molecule has 1 spiro atoms. The van der Waals surface area contributed by atoms with Crippen LogP contribution in [-0.2, 0) is 9.47 Å². The zero-order valence-electron chi connectivity index (χ0n) is 11.4. The van der Waals surface area contributed by atoms with Crippen molar-refractivity contribution in [3.05, 3.63) is 29.8 Å². The van der Waals surface area contributed by atoms with Gasteiger partial charge in [-0.15, -0.1) is 0 Å². The van der Waals surface area contributed by atoms with E-state index in [1.54, 1.807) is 0 Å². The summed E-state index contributed by atoms with van der Waals surface area (Å²) in [7, 11) is 0. The van der Waals surface area contributed by atoms with Gasteiger partial charge in [-0.05, 0) is 48.7 Å². The summed E-state index contributed by atoms with van der Waals surface area (Å²) in [6.45, 7) is 1.48. The Hall–Kier alpha value is -1.17. The quantitative estimate of drug-likeness (QED) is 0.821. The molecule has 0 aromatic heterocycles. The van der Waals surface area contributed by atoms with Gasteiger partial charge in [0.15, 0.2) is 10.9 Å². The lowest BCUT2D eigenvalue weighted by atomic mass is 9.81. The first-order valence-electron chi connectivity index (χ1n) is 7.11. The Kier molecular flexibility index (Phi) is 3.92. The van der Waals surface area contributed by atoms with Crippen molar-refractivity contribution in [1.29, 1.82) is 0 Å². The number of nitrogens with one attached hydrogen (secondary N) is 1. The molecule has 5 heteroatoms. The normalized spacial score (nSPS) is 22.0. The van der Waals surface area contributed by atoms with Crippen LogP contribution in [0.5, 0.6) is 0 Å². The number of anilines is 1. The lowest BCUT2D eigenvalue weighted by molar-refractivity contribution is -0.178. The number of nitrogens with two attached hydrogens (primary N) is 1. The zero-order chi connectivity index (χ0) is 14.0. The van der Waals surface area contributed by atoms with Crippen molar-refractivity contribution in [3.63, 3.8) is 0 Å². The molecule has 1 aliphatic heterocycles. The summed E-state index contributed by atoms with van der Waals surface area (Å²) in [5.74, 6) is 0.316. The van der Waals surface area contributed by atoms with Gasteiger partial charge in [0.05, 0.1) is 13.2 Å². The number of thiocarbonyl (C=S) groups is 1. The third-order valence-corrected chi connectivity index (χ3v) is 4.31. The molecular weight excluding hydrogens is 272 g/mol. The summed E-state index contributed by atoms with van der Waals surface area (Å²) >= 11 is 4.83. The second-order valence-corrected chi connectivity index (χ2v) is 5.93. The van der Waals surface area contributed by atoms with E-state index in [0.29, 0.717) is 11.0 Å². The van der Waals surface area contributed by atoms with E-state index < -0.39 is 0 Å². The molecule has 1 aliphatic carbocycles. The van der Waals surface area contributed by atoms with Crippen molar-refractivity contribution in [2.24, 2.45) is 5.73 Å². The fourth-order valence-electron chi connectivity index (χ4n) is 3.16. The van der Waals surface area contributed by atoms with E-state index in [9.17, 15) is 0 Å². The molecule has 0 unspecified atom stereocenters. The van der Waals surface area contributed by atoms with Gasteiger partial charge in [0, 0.05) is 18.5 Å². The smallest absolute Gasteiger partial charge is 0.168 e. The van der Waals surface area contributed by atoms with E-state index in [2.05, 4.69) is 17.4 Å². The molecular formula is C15H20N2O2S. The maximum Gasteiger partial charge on any atom is 0.168 e. The third-order valence-electron chi connectivity index (χ3n) is 4.21. The highest BCUT2D eigenvalue weighted by Crippen LogP contribution is 2.42. The Bertz CT molecular complexity index is 473. The van der Waals surface area contributed by atoms with E-state index in [1.165, 1.54) is 5.56 Å². The number of rotatable bonds is 2. The average molecular weight is 292 g/mol. The maximum atomic E-state index is 5.77. The molecule has 3 N–H and O–H groups in total. The molecule has 1 saturated carbocycles. The highest BCUT2D eigenvalue weighted by Gasteiger charge is 2.40. The van der Waals surface area contributed by atoms with Gasteiger partial charge in [-0.3, -0.25) is 0 Å². The minimum Gasteiger partial charge on any atom is -0.376 e. The predicted octanol–water partition coefficient (Wildman–Crippen LogP) is 2.74. The fraction of sp³-hybridized carbons (Fsp3) is 0.533. The Balaban J connectivity index is 1.61. The maximum absolute atomic E-state index is 5.77. The first-order valence-corrected chi connectivity index (χ1v) is 7.52. The minimum absolute atomic E-state index is 0.274. The Labute approximate surface area is 124 Å². The number of benzene rings is 1. The SMILES string of the molecule is NC(=S)Nc1ccc(C2CCC3(CC2)OCCO3)cc1. The molecule has 0 radical (unpaired) electrons. The van der Waals surface area contributed by atoms with Crippen molar-refractivity contribution in [2.75, 3.05) is 18.5 Å². The molecule has 1 aromatic rings. The van der Waals surface area contributed by atoms with Crippen LogP contribution in [0.2, 0.25) is 0 Å². The van der Waals surface area contributed by atoms with Crippen LogP contribution in [0.3, 0.4) is 0 Å². The second kappa shape index (κ2) is 5.68. The van der Waals surface area contributed by atoms with Crippen molar-refractivity contribution in [1.82, 2.24) is 0 Å². The monoisotopic (exact) mass is 292 g/mol. The van der Waals surface area contributed by atoms with E-state index in [4.69, 9.17) is 27.4 Å². The van der Waals surface area contributed by atoms with Crippen molar-refractivity contribution >= 4 is 23.0 Å². The Morgan fingerprint density at radius 3 is 2.30 bits per heavy atom. The van der Waals surface area contributed by atoms with Gasteiger partial charge in [-0.25, -0.2) is 0 Å². The van der Waals surface area contributed by atoms with Gasteiger partial charge >= 0.3 is 0 Å². The molecule has 1 aromatic carbocycles. The predicted molar refractivity (Wildman–Crippen MR) is 82.7 cm³/mol. The van der Waals surface area contributed by atoms with Crippen LogP contribution >= 0.6 is 12.2 Å². The summed E-state index contributed by atoms with van der Waals surface area (Å²) < 4.78 is 11.5. The van der Waals surface area contributed by atoms with Gasteiger partial charge < -0.3 is 20.5 Å². The lowest BCUT2D eigenvalue weighted by Gasteiger charge is -2.35. The van der Waals surface area contributed by atoms with Crippen LogP contribution in [0, 0.1) is 0 Å². The highest BCUT2D eigenvalue weighted by atomic mass is 32.1. The first kappa shape index (κ1) is 13.8. The standard InChI is InChI=1S/C15H20N2O2S/c16-14(20)17-13-3-1-11(2-4-13)12-5-7-15(8-6-12)18-9-10-19-15/h1-4,12H,5-10H2,(H3,16,17,20). The van der Waals surface area contributed by atoms with Crippen molar-refractivity contribution in [2.45, 2.75) is 37.4 Å². The van der Waals surface area contributed by atoms with Crippen LogP contribution in [0.15, 0.2) is 24.3 Å². The molecule has 1 heterocycles. The zero-order valence-corrected chi connectivity index (χ0v) is 12.2. The van der Waals surface area contributed by atoms with Crippen LogP contribution in [0.1, 0.15) is 37.2 Å². The molecule has 3 rings (SSSR count). The van der Waals surface area contributed by atoms with Gasteiger partial charge in [-0.2, -0.15) is 0 Å². The van der Waals surface area contributed by atoms with Crippen LogP contribution in [0.25, 0.3) is 0 Å². The van der Waals surface area contributed by atoms with Gasteiger partial charge in [0.25, 0.3) is 0 Å². The van der Waals surface area contributed by atoms with Gasteiger partial charge in [0.2, 0.25) is 0 Å². The lowest BCUT2D eigenvalue weighted by Crippen LogP contribution is -2.34. The minimum atomic E-state index is -0.274. The van der Waals surface area contributed by atoms with Gasteiger partial charge in [0.1, 0.15) is 0 Å². The average Bonchev–Trinajstić information content (AvgIpc) is 2.89. The van der Waals surface area contributed by atoms with Crippen molar-refractivity contribution < 1.29 is 9.47 Å². The van der Waals surface area contributed by atoms with Crippen molar-refractivity contribution in [3.8, 4) is 0 Å². The Morgan fingerprint density at radius 1 is 1.15 bits per heavy atom. The highest BCUT2D eigenvalue weighted by molar-refractivity contribution is 7.80. The molecule has 0 bridgehead atoms. The third kappa shape index (κ3) is 2.95. The molecule has 108 valence electrons. The Morgan fingerprint density at radius 2 is 1.75 bits per heavy atom. The van der Waals surface area contributed by atoms with Crippen LogP contribution < -0.4 is 11.1 Å². The van der Waals surface area contributed by atoms with E-state index in [1.807, 2.05) is 12.1 Å².